The van der Waals surface area contributed by atoms with Gasteiger partial charge in [0, 0.05) is 11.1 Å². The summed E-state index contributed by atoms with van der Waals surface area (Å²) < 4.78 is 10.7. The average Bonchev–Trinajstić information content (AvgIpc) is 2.56. The van der Waals surface area contributed by atoms with E-state index < -0.39 is 12.1 Å². The number of benzene rings is 2. The third-order valence-electron chi connectivity index (χ3n) is 3.55. The van der Waals surface area contributed by atoms with E-state index in [4.69, 9.17) is 20.8 Å². The van der Waals surface area contributed by atoms with Crippen molar-refractivity contribution in [2.75, 3.05) is 0 Å². The first-order valence-corrected chi connectivity index (χ1v) is 7.52. The van der Waals surface area contributed by atoms with Crippen LogP contribution in [0.3, 0.4) is 0 Å². The molecule has 0 saturated carbocycles. The van der Waals surface area contributed by atoms with E-state index in [9.17, 15) is 14.7 Å². The van der Waals surface area contributed by atoms with Gasteiger partial charge < -0.3 is 19.1 Å². The van der Waals surface area contributed by atoms with Crippen molar-refractivity contribution in [1.29, 1.82) is 0 Å². The van der Waals surface area contributed by atoms with Crippen LogP contribution in [0.1, 0.15) is 6.92 Å². The number of carboxylic acid groups (broad SMARTS) is 1. The first kappa shape index (κ1) is 16.1. The van der Waals surface area contributed by atoms with Crippen molar-refractivity contribution >= 4 is 28.5 Å². The molecule has 0 radical (unpaired) electrons. The molecule has 0 aliphatic rings. The van der Waals surface area contributed by atoms with Crippen LogP contribution in [0.2, 0.25) is 5.02 Å². The molecular weight excluding hydrogens is 332 g/mol. The normalized spacial score (nSPS) is 12.1. The van der Waals surface area contributed by atoms with Crippen LogP contribution in [0.5, 0.6) is 5.75 Å². The lowest BCUT2D eigenvalue weighted by Gasteiger charge is -2.15. The Morgan fingerprint density at radius 2 is 1.92 bits per heavy atom. The minimum absolute atomic E-state index is 0.196. The van der Waals surface area contributed by atoms with Gasteiger partial charge in [0.1, 0.15) is 23.7 Å². The molecule has 24 heavy (non-hydrogen) atoms. The molecule has 3 rings (SSSR count). The highest BCUT2D eigenvalue weighted by Gasteiger charge is 2.11. The highest BCUT2D eigenvalue weighted by atomic mass is 35.5. The smallest absolute Gasteiger partial charge is 0.200 e. The standard InChI is InChI=1S/C18H13ClO5/c1-10(18(21)22)24-13-6-7-14-16(8-13)23-9-15(17(14)20)11-2-4-12(19)5-3-11/h2-10H,1H3,(H,21,22)/p-1. The zero-order chi connectivity index (χ0) is 17.3. The Morgan fingerprint density at radius 3 is 2.58 bits per heavy atom. The molecule has 122 valence electrons. The first-order valence-electron chi connectivity index (χ1n) is 7.15. The Kier molecular flexibility index (Phi) is 4.27. The predicted molar refractivity (Wildman–Crippen MR) is 88.0 cm³/mol. The number of hydrogen-bond acceptors (Lipinski definition) is 5. The van der Waals surface area contributed by atoms with Crippen LogP contribution in [0.4, 0.5) is 0 Å². The Hall–Kier alpha value is -2.79. The summed E-state index contributed by atoms with van der Waals surface area (Å²) in [6, 6.07) is 11.4. The van der Waals surface area contributed by atoms with Crippen molar-refractivity contribution in [3.05, 3.63) is 64.0 Å². The van der Waals surface area contributed by atoms with Crippen molar-refractivity contribution in [1.82, 2.24) is 0 Å². The van der Waals surface area contributed by atoms with Gasteiger partial charge in [0.15, 0.2) is 5.43 Å². The van der Waals surface area contributed by atoms with Gasteiger partial charge >= 0.3 is 0 Å². The van der Waals surface area contributed by atoms with Gasteiger partial charge in [-0.1, -0.05) is 23.7 Å². The van der Waals surface area contributed by atoms with Crippen molar-refractivity contribution in [2.24, 2.45) is 0 Å². The van der Waals surface area contributed by atoms with Crippen LogP contribution >= 0.6 is 11.6 Å². The van der Waals surface area contributed by atoms with E-state index in [1.807, 2.05) is 0 Å². The highest BCUT2D eigenvalue weighted by Crippen LogP contribution is 2.24. The summed E-state index contributed by atoms with van der Waals surface area (Å²) in [7, 11) is 0. The molecule has 0 aliphatic heterocycles. The molecule has 2 aromatic carbocycles. The molecule has 0 fully saturated rings. The number of halogens is 1. The van der Waals surface area contributed by atoms with Gasteiger partial charge in [-0.3, -0.25) is 4.79 Å². The van der Waals surface area contributed by atoms with Crippen LogP contribution in [0.15, 0.2) is 57.9 Å². The van der Waals surface area contributed by atoms with Gasteiger partial charge in [-0.25, -0.2) is 0 Å². The number of carbonyl (C=O) groups excluding carboxylic acids is 1. The maximum Gasteiger partial charge on any atom is 0.200 e. The van der Waals surface area contributed by atoms with E-state index in [1.54, 1.807) is 24.3 Å². The van der Waals surface area contributed by atoms with Gasteiger partial charge in [-0.15, -0.1) is 0 Å². The van der Waals surface area contributed by atoms with Crippen molar-refractivity contribution in [3.63, 3.8) is 0 Å². The van der Waals surface area contributed by atoms with E-state index in [0.717, 1.165) is 0 Å². The summed E-state index contributed by atoms with van der Waals surface area (Å²) in [6.07, 6.45) is 0.252. The molecule has 0 spiro atoms. The minimum atomic E-state index is -1.32. The fourth-order valence-electron chi connectivity index (χ4n) is 2.26. The topological polar surface area (TPSA) is 79.6 Å². The van der Waals surface area contributed by atoms with Crippen LogP contribution in [0, 0.1) is 0 Å². The van der Waals surface area contributed by atoms with Gasteiger partial charge in [0.2, 0.25) is 0 Å². The van der Waals surface area contributed by atoms with Gasteiger partial charge in [-0.2, -0.15) is 0 Å². The second kappa shape index (κ2) is 6.37. The molecule has 0 saturated heterocycles. The molecule has 6 heteroatoms. The number of carboxylic acids is 1. The first-order chi connectivity index (χ1) is 11.5. The molecular formula is C18H12ClO5-. The van der Waals surface area contributed by atoms with Crippen molar-refractivity contribution in [3.8, 4) is 16.9 Å². The van der Waals surface area contributed by atoms with Crippen LogP contribution < -0.4 is 15.3 Å². The Labute approximate surface area is 142 Å². The molecule has 0 amide bonds. The predicted octanol–water partition coefficient (Wildman–Crippen LogP) is 2.63. The van der Waals surface area contributed by atoms with E-state index in [2.05, 4.69) is 0 Å². The number of fused-ring (bicyclic) bond motifs is 1. The lowest BCUT2D eigenvalue weighted by molar-refractivity contribution is -0.312. The van der Waals surface area contributed by atoms with Gasteiger partial charge in [0.25, 0.3) is 0 Å². The number of rotatable bonds is 4. The lowest BCUT2D eigenvalue weighted by Crippen LogP contribution is -2.37. The fourth-order valence-corrected chi connectivity index (χ4v) is 2.39. The van der Waals surface area contributed by atoms with Crippen molar-refractivity contribution < 1.29 is 19.1 Å². The van der Waals surface area contributed by atoms with Crippen LogP contribution in [0.25, 0.3) is 22.1 Å². The van der Waals surface area contributed by atoms with Crippen LogP contribution in [-0.4, -0.2) is 12.1 Å². The van der Waals surface area contributed by atoms with Gasteiger partial charge in [-0.05, 0) is 36.8 Å². The second-order valence-corrected chi connectivity index (χ2v) is 5.66. The molecule has 1 heterocycles. The Balaban J connectivity index is 2.02. The summed E-state index contributed by atoms with van der Waals surface area (Å²) in [6.45, 7) is 1.36. The maximum atomic E-state index is 12.6. The molecule has 1 atom stereocenters. The Bertz CT molecular complexity index is 959. The van der Waals surface area contributed by atoms with Gasteiger partial charge in [0.05, 0.1) is 16.9 Å². The van der Waals surface area contributed by atoms with E-state index in [1.165, 1.54) is 31.4 Å². The molecule has 0 N–H and O–H groups in total. The van der Waals surface area contributed by atoms with Crippen molar-refractivity contribution in [2.45, 2.75) is 13.0 Å². The zero-order valence-electron chi connectivity index (χ0n) is 12.6. The average molecular weight is 344 g/mol. The summed E-state index contributed by atoms with van der Waals surface area (Å²) >= 11 is 5.85. The maximum absolute atomic E-state index is 12.6. The summed E-state index contributed by atoms with van der Waals surface area (Å²) in [5, 5.41) is 11.7. The molecule has 0 bridgehead atoms. The summed E-state index contributed by atoms with van der Waals surface area (Å²) in [4.78, 5) is 23.3. The molecule has 3 aromatic rings. The molecule has 1 aromatic heterocycles. The summed E-state index contributed by atoms with van der Waals surface area (Å²) in [5.41, 5.74) is 1.22. The quantitative estimate of drug-likeness (QED) is 0.727. The van der Waals surface area contributed by atoms with E-state index in [0.29, 0.717) is 27.1 Å². The second-order valence-electron chi connectivity index (χ2n) is 5.22. The third kappa shape index (κ3) is 3.12. The van der Waals surface area contributed by atoms with Crippen LogP contribution in [-0.2, 0) is 4.79 Å². The summed E-state index contributed by atoms with van der Waals surface area (Å²) in [5.74, 6) is -1.05. The Morgan fingerprint density at radius 1 is 1.21 bits per heavy atom. The molecule has 1 unspecified atom stereocenters. The third-order valence-corrected chi connectivity index (χ3v) is 3.80. The number of carbonyl (C=O) groups is 1. The zero-order valence-corrected chi connectivity index (χ0v) is 13.4. The SMILES string of the molecule is CC(Oc1ccc2c(=O)c(-c3ccc(Cl)cc3)coc2c1)C(=O)[O-]. The fraction of sp³-hybridized carbons (Fsp3) is 0.111. The number of aliphatic carboxylic acids is 1. The monoisotopic (exact) mass is 343 g/mol. The largest absolute Gasteiger partial charge is 0.546 e. The highest BCUT2D eigenvalue weighted by molar-refractivity contribution is 6.30. The number of ether oxygens (including phenoxy) is 1. The number of hydrogen-bond donors (Lipinski definition) is 0. The lowest BCUT2D eigenvalue weighted by atomic mass is 10.1. The van der Waals surface area contributed by atoms with E-state index in [-0.39, 0.29) is 11.2 Å². The minimum Gasteiger partial charge on any atom is -0.546 e. The molecule has 0 aliphatic carbocycles. The van der Waals surface area contributed by atoms with E-state index >= 15 is 0 Å². The molecule has 5 nitrogen and oxygen atoms in total.